The molecule has 0 fully saturated rings. The van der Waals surface area contributed by atoms with Crippen LogP contribution in [0.5, 0.6) is 0 Å². The van der Waals surface area contributed by atoms with E-state index in [-0.39, 0.29) is 17.6 Å². The molecule has 4 rings (SSSR count). The van der Waals surface area contributed by atoms with Gasteiger partial charge in [-0.05, 0) is 23.1 Å². The van der Waals surface area contributed by atoms with Crippen LogP contribution in [0.15, 0.2) is 66.9 Å². The zero-order chi connectivity index (χ0) is 19.5. The van der Waals surface area contributed by atoms with Crippen molar-refractivity contribution in [2.75, 3.05) is 6.54 Å². The van der Waals surface area contributed by atoms with E-state index in [1.807, 2.05) is 60.7 Å². The Bertz CT molecular complexity index is 966. The summed E-state index contributed by atoms with van der Waals surface area (Å²) in [6.07, 6.45) is 2.28. The van der Waals surface area contributed by atoms with Gasteiger partial charge in [0.05, 0.1) is 18.2 Å². The molecule has 6 nitrogen and oxygen atoms in total. The number of carbonyl (C=O) groups is 2. The number of fused-ring (bicyclic) bond motifs is 1. The highest BCUT2D eigenvalue weighted by molar-refractivity contribution is 5.89. The molecule has 140 valence electrons. The smallest absolute Gasteiger partial charge is 0.286 e. The Morgan fingerprint density at radius 2 is 1.57 bits per heavy atom. The van der Waals surface area contributed by atoms with Crippen molar-refractivity contribution < 1.29 is 9.59 Å². The molecule has 2 aromatic carbocycles. The number of primary amides is 1. The van der Waals surface area contributed by atoms with Crippen molar-refractivity contribution in [3.05, 3.63) is 95.1 Å². The van der Waals surface area contributed by atoms with Gasteiger partial charge in [0.2, 0.25) is 11.7 Å². The zero-order valence-corrected chi connectivity index (χ0v) is 15.3. The Morgan fingerprint density at radius 3 is 2.14 bits per heavy atom. The summed E-state index contributed by atoms with van der Waals surface area (Å²) in [5, 5.41) is 0. The summed E-state index contributed by atoms with van der Waals surface area (Å²) in [5.74, 6) is -1.06. The Morgan fingerprint density at radius 1 is 0.964 bits per heavy atom. The largest absolute Gasteiger partial charge is 0.363 e. The molecule has 6 heteroatoms. The van der Waals surface area contributed by atoms with Crippen molar-refractivity contribution in [2.45, 2.75) is 18.9 Å². The SMILES string of the molecule is NC(=O)c1ncc2c(n1)CN(C(=O)C(c1ccccc1)c1ccccc1)CC2. The van der Waals surface area contributed by atoms with Gasteiger partial charge in [-0.2, -0.15) is 0 Å². The predicted molar refractivity (Wildman–Crippen MR) is 104 cm³/mol. The number of nitrogens with zero attached hydrogens (tertiary/aromatic N) is 3. The van der Waals surface area contributed by atoms with E-state index >= 15 is 0 Å². The van der Waals surface area contributed by atoms with Gasteiger partial charge in [0.1, 0.15) is 0 Å². The van der Waals surface area contributed by atoms with E-state index in [1.165, 1.54) is 0 Å². The highest BCUT2D eigenvalue weighted by Crippen LogP contribution is 2.29. The average Bonchev–Trinajstić information content (AvgIpc) is 2.74. The lowest BCUT2D eigenvalue weighted by Gasteiger charge is -2.31. The molecule has 28 heavy (non-hydrogen) atoms. The summed E-state index contributed by atoms with van der Waals surface area (Å²) in [7, 11) is 0. The van der Waals surface area contributed by atoms with E-state index in [1.54, 1.807) is 11.1 Å². The highest BCUT2D eigenvalue weighted by atomic mass is 16.2. The average molecular weight is 372 g/mol. The third-order valence-electron chi connectivity index (χ3n) is 4.99. The fourth-order valence-electron chi connectivity index (χ4n) is 3.56. The molecule has 0 saturated heterocycles. The first-order chi connectivity index (χ1) is 13.6. The fraction of sp³-hybridized carbons (Fsp3) is 0.182. The standard InChI is InChI=1S/C22H20N4O2/c23-20(27)21-24-13-17-11-12-26(14-18(17)25-21)22(28)19(15-7-3-1-4-8-15)16-9-5-2-6-10-16/h1-10,13,19H,11-12,14H2,(H2,23,27). The minimum absolute atomic E-state index is 0.0160. The molecule has 1 aliphatic heterocycles. The van der Waals surface area contributed by atoms with Crippen molar-refractivity contribution in [2.24, 2.45) is 5.73 Å². The van der Waals surface area contributed by atoms with Crippen molar-refractivity contribution >= 4 is 11.8 Å². The number of aromatic nitrogens is 2. The molecule has 0 bridgehead atoms. The second kappa shape index (κ2) is 7.60. The van der Waals surface area contributed by atoms with Crippen LogP contribution in [0, 0.1) is 0 Å². The normalized spacial score (nSPS) is 13.2. The monoisotopic (exact) mass is 372 g/mol. The number of amides is 2. The second-order valence-corrected chi connectivity index (χ2v) is 6.79. The van der Waals surface area contributed by atoms with Crippen LogP contribution in [-0.4, -0.2) is 33.2 Å². The Hall–Kier alpha value is -3.54. The molecule has 2 heterocycles. The van der Waals surface area contributed by atoms with Gasteiger partial charge in [-0.1, -0.05) is 60.7 Å². The van der Waals surface area contributed by atoms with Crippen LogP contribution in [0.3, 0.4) is 0 Å². The van der Waals surface area contributed by atoms with Crippen molar-refractivity contribution in [1.82, 2.24) is 14.9 Å². The molecule has 0 aliphatic carbocycles. The molecule has 2 amide bonds. The van der Waals surface area contributed by atoms with E-state index in [0.29, 0.717) is 25.2 Å². The number of hydrogen-bond acceptors (Lipinski definition) is 4. The van der Waals surface area contributed by atoms with E-state index in [4.69, 9.17) is 5.73 Å². The quantitative estimate of drug-likeness (QED) is 0.761. The molecule has 3 aromatic rings. The summed E-state index contributed by atoms with van der Waals surface area (Å²) in [6.45, 7) is 0.925. The van der Waals surface area contributed by atoms with Crippen LogP contribution in [0.4, 0.5) is 0 Å². The fourth-order valence-corrected chi connectivity index (χ4v) is 3.56. The van der Waals surface area contributed by atoms with Crippen molar-refractivity contribution in [1.29, 1.82) is 0 Å². The topological polar surface area (TPSA) is 89.2 Å². The number of benzene rings is 2. The molecular weight excluding hydrogens is 352 g/mol. The van der Waals surface area contributed by atoms with Crippen LogP contribution in [0.1, 0.15) is 38.9 Å². The first-order valence-corrected chi connectivity index (χ1v) is 9.17. The highest BCUT2D eigenvalue weighted by Gasteiger charge is 2.30. The second-order valence-electron chi connectivity index (χ2n) is 6.79. The molecular formula is C22H20N4O2. The minimum atomic E-state index is -0.669. The first kappa shape index (κ1) is 17.9. The van der Waals surface area contributed by atoms with Gasteiger partial charge in [0.15, 0.2) is 0 Å². The molecule has 2 N–H and O–H groups in total. The van der Waals surface area contributed by atoms with Gasteiger partial charge in [-0.25, -0.2) is 9.97 Å². The van der Waals surface area contributed by atoms with Crippen LogP contribution < -0.4 is 5.73 Å². The van der Waals surface area contributed by atoms with E-state index in [9.17, 15) is 9.59 Å². The summed E-state index contributed by atoms with van der Waals surface area (Å²) in [4.78, 5) is 35.0. The molecule has 1 aliphatic rings. The molecule has 0 spiro atoms. The number of rotatable bonds is 4. The van der Waals surface area contributed by atoms with Gasteiger partial charge in [0.25, 0.3) is 5.91 Å². The Kier molecular flexibility index (Phi) is 4.85. The van der Waals surface area contributed by atoms with E-state index in [2.05, 4.69) is 9.97 Å². The van der Waals surface area contributed by atoms with Gasteiger partial charge in [0, 0.05) is 12.7 Å². The van der Waals surface area contributed by atoms with Gasteiger partial charge in [-0.15, -0.1) is 0 Å². The number of carbonyl (C=O) groups excluding carboxylic acids is 2. The van der Waals surface area contributed by atoms with Crippen molar-refractivity contribution in [3.8, 4) is 0 Å². The summed E-state index contributed by atoms with van der Waals surface area (Å²) in [5.41, 5.74) is 8.83. The third kappa shape index (κ3) is 3.49. The lowest BCUT2D eigenvalue weighted by molar-refractivity contribution is -0.132. The predicted octanol–water partition coefficient (Wildman–Crippen LogP) is 2.29. The molecule has 0 unspecified atom stereocenters. The first-order valence-electron chi connectivity index (χ1n) is 9.17. The van der Waals surface area contributed by atoms with Crippen LogP contribution >= 0.6 is 0 Å². The minimum Gasteiger partial charge on any atom is -0.363 e. The molecule has 1 aromatic heterocycles. The molecule has 0 saturated carbocycles. The van der Waals surface area contributed by atoms with Crippen molar-refractivity contribution in [3.63, 3.8) is 0 Å². The lowest BCUT2D eigenvalue weighted by atomic mass is 9.89. The van der Waals surface area contributed by atoms with Gasteiger partial charge < -0.3 is 10.6 Å². The number of hydrogen-bond donors (Lipinski definition) is 1. The maximum Gasteiger partial charge on any atom is 0.286 e. The maximum atomic E-state index is 13.5. The van der Waals surface area contributed by atoms with E-state index in [0.717, 1.165) is 16.7 Å². The van der Waals surface area contributed by atoms with Crippen LogP contribution in [0.25, 0.3) is 0 Å². The lowest BCUT2D eigenvalue weighted by Crippen LogP contribution is -2.40. The maximum absolute atomic E-state index is 13.5. The number of nitrogens with two attached hydrogens (primary N) is 1. The summed E-state index contributed by atoms with van der Waals surface area (Å²) < 4.78 is 0. The molecule has 0 atom stereocenters. The van der Waals surface area contributed by atoms with Crippen LogP contribution in [-0.2, 0) is 17.8 Å². The third-order valence-corrected chi connectivity index (χ3v) is 4.99. The molecule has 0 radical (unpaired) electrons. The van der Waals surface area contributed by atoms with Gasteiger partial charge in [-0.3, -0.25) is 9.59 Å². The Labute approximate surface area is 163 Å². The van der Waals surface area contributed by atoms with E-state index < -0.39 is 5.91 Å². The summed E-state index contributed by atoms with van der Waals surface area (Å²) in [6, 6.07) is 19.5. The summed E-state index contributed by atoms with van der Waals surface area (Å²) >= 11 is 0. The zero-order valence-electron chi connectivity index (χ0n) is 15.3. The van der Waals surface area contributed by atoms with Crippen LogP contribution in [0.2, 0.25) is 0 Å². The Balaban J connectivity index is 1.66. The van der Waals surface area contributed by atoms with Gasteiger partial charge >= 0.3 is 0 Å².